The quantitative estimate of drug-likeness (QED) is 0.296. The van der Waals surface area contributed by atoms with Gasteiger partial charge in [0.1, 0.15) is 12.4 Å². The summed E-state index contributed by atoms with van der Waals surface area (Å²) in [6.07, 6.45) is 0. The van der Waals surface area contributed by atoms with Crippen LogP contribution in [0.15, 0.2) is 65.1 Å². The van der Waals surface area contributed by atoms with E-state index in [1.165, 1.54) is 12.1 Å². The number of hydrogen-bond donors (Lipinski definition) is 1. The van der Waals surface area contributed by atoms with Gasteiger partial charge in [-0.2, -0.15) is 0 Å². The van der Waals surface area contributed by atoms with Gasteiger partial charge in [-0.25, -0.2) is 0 Å². The standard InChI is InChI=1S/C20H15BrCl2N2O3/c21-15-3-8-20(28-12-13-1-5-17(6-2-13)25(26)27)14(9-15)11-24-19-7-4-16(22)10-18(19)23/h1-10,24H,11-12H2. The zero-order chi connectivity index (χ0) is 20.1. The van der Waals surface area contributed by atoms with E-state index in [-0.39, 0.29) is 5.69 Å². The van der Waals surface area contributed by atoms with E-state index in [2.05, 4.69) is 21.2 Å². The Bertz CT molecular complexity index is 997. The lowest BCUT2D eigenvalue weighted by atomic mass is 10.2. The second kappa shape index (κ2) is 9.28. The van der Waals surface area contributed by atoms with Gasteiger partial charge >= 0.3 is 0 Å². The molecule has 0 aromatic heterocycles. The van der Waals surface area contributed by atoms with Crippen LogP contribution in [0.4, 0.5) is 11.4 Å². The number of nitro groups is 1. The fourth-order valence-corrected chi connectivity index (χ4v) is 3.41. The van der Waals surface area contributed by atoms with Crippen LogP contribution in [0.2, 0.25) is 10.0 Å². The first kappa shape index (κ1) is 20.5. The van der Waals surface area contributed by atoms with Crippen molar-refractivity contribution in [2.75, 3.05) is 5.32 Å². The molecule has 8 heteroatoms. The number of nitrogens with zero attached hydrogens (tertiary/aromatic N) is 1. The van der Waals surface area contributed by atoms with Gasteiger partial charge in [-0.1, -0.05) is 39.1 Å². The largest absolute Gasteiger partial charge is 0.489 e. The van der Waals surface area contributed by atoms with E-state index in [1.807, 2.05) is 24.3 Å². The van der Waals surface area contributed by atoms with Gasteiger partial charge in [0.15, 0.2) is 0 Å². The highest BCUT2D eigenvalue weighted by molar-refractivity contribution is 9.10. The molecular formula is C20H15BrCl2N2O3. The molecule has 144 valence electrons. The van der Waals surface area contributed by atoms with Crippen LogP contribution in [0.1, 0.15) is 11.1 Å². The third kappa shape index (κ3) is 5.38. The van der Waals surface area contributed by atoms with Crippen molar-refractivity contribution in [3.63, 3.8) is 0 Å². The van der Waals surface area contributed by atoms with Gasteiger partial charge in [-0.3, -0.25) is 10.1 Å². The van der Waals surface area contributed by atoms with Crippen LogP contribution in [0, 0.1) is 10.1 Å². The summed E-state index contributed by atoms with van der Waals surface area (Å²) < 4.78 is 6.86. The molecule has 0 aliphatic heterocycles. The Labute approximate surface area is 180 Å². The van der Waals surface area contributed by atoms with Crippen LogP contribution in [0.5, 0.6) is 5.75 Å². The number of rotatable bonds is 7. The molecule has 0 aliphatic carbocycles. The molecule has 0 radical (unpaired) electrons. The Morgan fingerprint density at radius 1 is 1.04 bits per heavy atom. The van der Waals surface area contributed by atoms with Gasteiger partial charge in [0, 0.05) is 33.7 Å². The summed E-state index contributed by atoms with van der Waals surface area (Å²) in [5.74, 6) is 0.708. The van der Waals surface area contributed by atoms with Gasteiger partial charge in [0.05, 0.1) is 15.6 Å². The van der Waals surface area contributed by atoms with Crippen LogP contribution in [-0.4, -0.2) is 4.92 Å². The first-order valence-corrected chi connectivity index (χ1v) is 9.81. The van der Waals surface area contributed by atoms with Crippen molar-refractivity contribution in [2.24, 2.45) is 0 Å². The number of nitrogens with one attached hydrogen (secondary N) is 1. The van der Waals surface area contributed by atoms with Crippen molar-refractivity contribution in [1.82, 2.24) is 0 Å². The average Bonchev–Trinajstić information content (AvgIpc) is 2.67. The Balaban J connectivity index is 1.70. The summed E-state index contributed by atoms with van der Waals surface area (Å²) in [6.45, 7) is 0.796. The molecule has 0 atom stereocenters. The van der Waals surface area contributed by atoms with E-state index in [0.29, 0.717) is 28.9 Å². The Morgan fingerprint density at radius 2 is 1.79 bits per heavy atom. The van der Waals surface area contributed by atoms with Crippen molar-refractivity contribution in [3.8, 4) is 5.75 Å². The molecule has 0 saturated carbocycles. The smallest absolute Gasteiger partial charge is 0.269 e. The first-order valence-electron chi connectivity index (χ1n) is 8.26. The predicted molar refractivity (Wildman–Crippen MR) is 115 cm³/mol. The van der Waals surface area contributed by atoms with Crippen LogP contribution in [0.25, 0.3) is 0 Å². The summed E-state index contributed by atoms with van der Waals surface area (Å²) in [6, 6.07) is 17.3. The molecule has 0 spiro atoms. The van der Waals surface area contributed by atoms with E-state index >= 15 is 0 Å². The van der Waals surface area contributed by atoms with Gasteiger partial charge in [-0.05, 0) is 54.1 Å². The average molecular weight is 482 g/mol. The SMILES string of the molecule is O=[N+]([O-])c1ccc(COc2ccc(Br)cc2CNc2ccc(Cl)cc2Cl)cc1. The molecule has 0 aliphatic rings. The molecule has 3 rings (SSSR count). The summed E-state index contributed by atoms with van der Waals surface area (Å²) in [4.78, 5) is 10.3. The topological polar surface area (TPSA) is 64.4 Å². The molecule has 0 bridgehead atoms. The van der Waals surface area contributed by atoms with Crippen LogP contribution < -0.4 is 10.1 Å². The molecule has 5 nitrogen and oxygen atoms in total. The first-order chi connectivity index (χ1) is 13.4. The fourth-order valence-electron chi connectivity index (χ4n) is 2.53. The van der Waals surface area contributed by atoms with E-state index in [0.717, 1.165) is 21.3 Å². The summed E-state index contributed by atoms with van der Waals surface area (Å²) in [5.41, 5.74) is 2.60. The third-order valence-corrected chi connectivity index (χ3v) is 5.01. The number of anilines is 1. The van der Waals surface area contributed by atoms with Gasteiger partial charge in [0.2, 0.25) is 0 Å². The van der Waals surface area contributed by atoms with E-state index < -0.39 is 4.92 Å². The Kier molecular flexibility index (Phi) is 6.78. The highest BCUT2D eigenvalue weighted by atomic mass is 79.9. The fraction of sp³-hybridized carbons (Fsp3) is 0.100. The van der Waals surface area contributed by atoms with Gasteiger partial charge < -0.3 is 10.1 Å². The Hall–Kier alpha value is -2.28. The monoisotopic (exact) mass is 480 g/mol. The lowest BCUT2D eigenvalue weighted by molar-refractivity contribution is -0.384. The number of benzene rings is 3. The summed E-state index contributed by atoms with van der Waals surface area (Å²) in [7, 11) is 0. The van der Waals surface area contributed by atoms with Crippen LogP contribution >= 0.6 is 39.1 Å². The second-order valence-corrected chi connectivity index (χ2v) is 7.70. The van der Waals surface area contributed by atoms with Crippen molar-refractivity contribution >= 4 is 50.5 Å². The number of nitro benzene ring substituents is 1. The van der Waals surface area contributed by atoms with Crippen LogP contribution in [0.3, 0.4) is 0 Å². The highest BCUT2D eigenvalue weighted by Crippen LogP contribution is 2.29. The third-order valence-electron chi connectivity index (χ3n) is 3.96. The van der Waals surface area contributed by atoms with Crippen molar-refractivity contribution in [2.45, 2.75) is 13.2 Å². The molecular weight excluding hydrogens is 467 g/mol. The second-order valence-electron chi connectivity index (χ2n) is 5.94. The molecule has 0 heterocycles. The minimum absolute atomic E-state index is 0.0529. The van der Waals surface area contributed by atoms with Crippen molar-refractivity contribution in [3.05, 3.63) is 96.4 Å². The minimum atomic E-state index is -0.426. The zero-order valence-electron chi connectivity index (χ0n) is 14.5. The molecule has 28 heavy (non-hydrogen) atoms. The molecule has 3 aromatic carbocycles. The lowest BCUT2D eigenvalue weighted by Crippen LogP contribution is -2.04. The normalized spacial score (nSPS) is 10.5. The maximum atomic E-state index is 10.7. The molecule has 1 N–H and O–H groups in total. The maximum Gasteiger partial charge on any atom is 0.269 e. The van der Waals surface area contributed by atoms with Gasteiger partial charge in [0.25, 0.3) is 5.69 Å². The number of halogens is 3. The minimum Gasteiger partial charge on any atom is -0.489 e. The molecule has 0 saturated heterocycles. The number of ether oxygens (including phenoxy) is 1. The van der Waals surface area contributed by atoms with E-state index in [4.69, 9.17) is 27.9 Å². The molecule has 0 unspecified atom stereocenters. The number of hydrogen-bond acceptors (Lipinski definition) is 4. The summed E-state index contributed by atoms with van der Waals surface area (Å²) in [5, 5.41) is 15.1. The van der Waals surface area contributed by atoms with E-state index in [1.54, 1.807) is 24.3 Å². The van der Waals surface area contributed by atoms with Gasteiger partial charge in [-0.15, -0.1) is 0 Å². The van der Waals surface area contributed by atoms with E-state index in [9.17, 15) is 10.1 Å². The summed E-state index contributed by atoms with van der Waals surface area (Å²) >= 11 is 15.6. The van der Waals surface area contributed by atoms with Crippen LogP contribution in [-0.2, 0) is 13.2 Å². The molecule has 0 amide bonds. The van der Waals surface area contributed by atoms with Crippen molar-refractivity contribution < 1.29 is 9.66 Å². The lowest BCUT2D eigenvalue weighted by Gasteiger charge is -2.14. The van der Waals surface area contributed by atoms with Crippen molar-refractivity contribution in [1.29, 1.82) is 0 Å². The Morgan fingerprint density at radius 3 is 2.46 bits per heavy atom. The number of non-ortho nitro benzene ring substituents is 1. The molecule has 3 aromatic rings. The predicted octanol–water partition coefficient (Wildman–Crippen LogP) is 6.86. The molecule has 0 fully saturated rings. The highest BCUT2D eigenvalue weighted by Gasteiger charge is 2.09. The zero-order valence-corrected chi connectivity index (χ0v) is 17.6. The maximum absolute atomic E-state index is 10.7.